The smallest absolute Gasteiger partial charge is 0.337 e. The van der Waals surface area contributed by atoms with Crippen LogP contribution in [0.4, 0.5) is 11.5 Å². The summed E-state index contributed by atoms with van der Waals surface area (Å²) in [6.45, 7) is 4.05. The lowest BCUT2D eigenvalue weighted by atomic mass is 10.2. The van der Waals surface area contributed by atoms with Gasteiger partial charge >= 0.3 is 5.97 Å². The first-order valence-electron chi connectivity index (χ1n) is 5.79. The number of anilines is 2. The van der Waals surface area contributed by atoms with Crippen LogP contribution in [0, 0.1) is 6.92 Å². The Balaban J connectivity index is 2.19. The van der Waals surface area contributed by atoms with E-state index < -0.39 is 5.97 Å². The summed E-state index contributed by atoms with van der Waals surface area (Å²) in [6.07, 6.45) is 1.36. The lowest BCUT2D eigenvalue weighted by Crippen LogP contribution is -2.09. The zero-order chi connectivity index (χ0) is 14.0. The van der Waals surface area contributed by atoms with E-state index in [1.807, 2.05) is 19.9 Å². The number of nitrogens with two attached hydrogens (primary N) is 1. The Morgan fingerprint density at radius 3 is 2.84 bits per heavy atom. The Kier molecular flexibility index (Phi) is 3.71. The summed E-state index contributed by atoms with van der Waals surface area (Å²) < 4.78 is 0. The number of aryl methyl sites for hydroxylation is 1. The molecule has 0 fully saturated rings. The normalized spacial score (nSPS) is 12.1. The Morgan fingerprint density at radius 1 is 1.53 bits per heavy atom. The predicted octanol–water partition coefficient (Wildman–Crippen LogP) is 2.91. The van der Waals surface area contributed by atoms with Crippen LogP contribution in [0.2, 0.25) is 0 Å². The van der Waals surface area contributed by atoms with Gasteiger partial charge in [-0.1, -0.05) is 0 Å². The molecule has 0 bridgehead atoms. The van der Waals surface area contributed by atoms with Crippen molar-refractivity contribution < 1.29 is 9.90 Å². The third-order valence-electron chi connectivity index (χ3n) is 2.72. The molecule has 0 amide bonds. The molecular formula is C13H15N3O2S. The Labute approximate surface area is 115 Å². The molecule has 0 aromatic carbocycles. The molecular weight excluding hydrogens is 262 g/mol. The average Bonchev–Trinajstić information content (AvgIpc) is 2.78. The van der Waals surface area contributed by atoms with Crippen molar-refractivity contribution in [1.82, 2.24) is 4.98 Å². The molecule has 1 unspecified atom stereocenters. The maximum Gasteiger partial charge on any atom is 0.337 e. The lowest BCUT2D eigenvalue weighted by Gasteiger charge is -2.13. The minimum atomic E-state index is -1.05. The highest BCUT2D eigenvalue weighted by Gasteiger charge is 2.12. The SMILES string of the molecule is Cc1ccc(C(C)Nc2cc(C(=O)O)c(N)cn2)s1. The van der Waals surface area contributed by atoms with Crippen molar-refractivity contribution in [2.45, 2.75) is 19.9 Å². The van der Waals surface area contributed by atoms with Gasteiger partial charge in [0.25, 0.3) is 0 Å². The molecule has 100 valence electrons. The molecule has 2 aromatic rings. The zero-order valence-corrected chi connectivity index (χ0v) is 11.5. The first kappa shape index (κ1) is 13.4. The first-order valence-corrected chi connectivity index (χ1v) is 6.60. The monoisotopic (exact) mass is 277 g/mol. The maximum absolute atomic E-state index is 11.0. The minimum Gasteiger partial charge on any atom is -0.478 e. The lowest BCUT2D eigenvalue weighted by molar-refractivity contribution is 0.0698. The second-order valence-electron chi connectivity index (χ2n) is 4.28. The van der Waals surface area contributed by atoms with Crippen LogP contribution in [0.5, 0.6) is 0 Å². The molecule has 19 heavy (non-hydrogen) atoms. The molecule has 2 heterocycles. The number of nitrogens with one attached hydrogen (secondary N) is 1. The van der Waals surface area contributed by atoms with Gasteiger partial charge in [0.05, 0.1) is 23.5 Å². The van der Waals surface area contributed by atoms with Crippen LogP contribution in [-0.4, -0.2) is 16.1 Å². The number of carboxylic acids is 1. The number of carboxylic acid groups (broad SMARTS) is 1. The third-order valence-corrected chi connectivity index (χ3v) is 3.90. The van der Waals surface area contributed by atoms with Crippen LogP contribution in [0.25, 0.3) is 0 Å². The standard InChI is InChI=1S/C13H15N3O2S/c1-7-3-4-11(19-7)8(2)16-12-5-9(13(17)18)10(14)6-15-12/h3-6,8H,14H2,1-2H3,(H,15,16)(H,17,18). The molecule has 1 atom stereocenters. The van der Waals surface area contributed by atoms with Crippen LogP contribution in [0.1, 0.15) is 33.1 Å². The molecule has 5 nitrogen and oxygen atoms in total. The maximum atomic E-state index is 11.0. The van der Waals surface area contributed by atoms with Gasteiger partial charge in [-0.15, -0.1) is 11.3 Å². The number of aromatic nitrogens is 1. The highest BCUT2D eigenvalue weighted by atomic mass is 32.1. The van der Waals surface area contributed by atoms with Gasteiger partial charge < -0.3 is 16.2 Å². The Hall–Kier alpha value is -2.08. The van der Waals surface area contributed by atoms with Crippen LogP contribution in [0.3, 0.4) is 0 Å². The Bertz CT molecular complexity index is 610. The second-order valence-corrected chi connectivity index (χ2v) is 5.60. The molecule has 2 aromatic heterocycles. The van der Waals surface area contributed by atoms with Gasteiger partial charge in [0.15, 0.2) is 0 Å². The molecule has 0 radical (unpaired) electrons. The zero-order valence-electron chi connectivity index (χ0n) is 10.7. The summed E-state index contributed by atoms with van der Waals surface area (Å²) in [5, 5.41) is 12.2. The summed E-state index contributed by atoms with van der Waals surface area (Å²) in [4.78, 5) is 17.5. The minimum absolute atomic E-state index is 0.0621. The van der Waals surface area contributed by atoms with Crippen LogP contribution < -0.4 is 11.1 Å². The fraction of sp³-hybridized carbons (Fsp3) is 0.231. The average molecular weight is 277 g/mol. The van der Waals surface area contributed by atoms with Crippen LogP contribution >= 0.6 is 11.3 Å². The van der Waals surface area contributed by atoms with Crippen molar-refractivity contribution in [2.75, 3.05) is 11.1 Å². The van der Waals surface area contributed by atoms with E-state index in [1.165, 1.54) is 22.0 Å². The second kappa shape index (κ2) is 5.27. The highest BCUT2D eigenvalue weighted by molar-refractivity contribution is 7.12. The molecule has 0 saturated carbocycles. The molecule has 2 rings (SSSR count). The van der Waals surface area contributed by atoms with Gasteiger partial charge in [-0.25, -0.2) is 9.78 Å². The number of hydrogen-bond acceptors (Lipinski definition) is 5. The van der Waals surface area contributed by atoms with Gasteiger partial charge in [-0.2, -0.15) is 0 Å². The summed E-state index contributed by atoms with van der Waals surface area (Å²) in [6, 6.07) is 5.62. The summed E-state index contributed by atoms with van der Waals surface area (Å²) in [5.41, 5.74) is 5.79. The molecule has 0 saturated heterocycles. The molecule has 0 aliphatic carbocycles. The summed E-state index contributed by atoms with van der Waals surface area (Å²) in [5.74, 6) is -0.548. The number of pyridine rings is 1. The number of nitrogens with zero attached hydrogens (tertiary/aromatic N) is 1. The topological polar surface area (TPSA) is 88.2 Å². The van der Waals surface area contributed by atoms with Crippen LogP contribution in [0.15, 0.2) is 24.4 Å². The summed E-state index contributed by atoms with van der Waals surface area (Å²) >= 11 is 1.70. The first-order chi connectivity index (χ1) is 8.97. The van der Waals surface area contributed by atoms with Crippen molar-refractivity contribution in [3.05, 3.63) is 39.7 Å². The van der Waals surface area contributed by atoms with Crippen molar-refractivity contribution in [2.24, 2.45) is 0 Å². The predicted molar refractivity (Wildman–Crippen MR) is 76.7 cm³/mol. The van der Waals surface area contributed by atoms with E-state index >= 15 is 0 Å². The van der Waals surface area contributed by atoms with Crippen molar-refractivity contribution in [1.29, 1.82) is 0 Å². The fourth-order valence-electron chi connectivity index (χ4n) is 1.71. The number of carbonyl (C=O) groups is 1. The van der Waals surface area contributed by atoms with Gasteiger partial charge in [-0.05, 0) is 32.0 Å². The van der Waals surface area contributed by atoms with Gasteiger partial charge in [0, 0.05) is 9.75 Å². The number of hydrogen-bond donors (Lipinski definition) is 3. The number of rotatable bonds is 4. The van der Waals surface area contributed by atoms with E-state index in [0.29, 0.717) is 5.82 Å². The van der Waals surface area contributed by atoms with Crippen molar-refractivity contribution in [3.63, 3.8) is 0 Å². The van der Waals surface area contributed by atoms with Gasteiger partial charge in [0.1, 0.15) is 5.82 Å². The number of nitrogen functional groups attached to an aromatic ring is 1. The van der Waals surface area contributed by atoms with Gasteiger partial charge in [0.2, 0.25) is 0 Å². The van der Waals surface area contributed by atoms with E-state index in [0.717, 1.165) is 0 Å². The third kappa shape index (κ3) is 3.03. The largest absolute Gasteiger partial charge is 0.478 e. The van der Waals surface area contributed by atoms with E-state index in [1.54, 1.807) is 11.3 Å². The molecule has 6 heteroatoms. The Morgan fingerprint density at radius 2 is 2.26 bits per heavy atom. The van der Waals surface area contributed by atoms with Crippen LogP contribution in [-0.2, 0) is 0 Å². The van der Waals surface area contributed by atoms with E-state index in [-0.39, 0.29) is 17.3 Å². The van der Waals surface area contributed by atoms with E-state index in [4.69, 9.17) is 10.8 Å². The van der Waals surface area contributed by atoms with Gasteiger partial charge in [-0.3, -0.25) is 0 Å². The molecule has 4 N–H and O–H groups in total. The highest BCUT2D eigenvalue weighted by Crippen LogP contribution is 2.26. The number of thiophene rings is 1. The fourth-order valence-corrected chi connectivity index (χ4v) is 2.59. The summed E-state index contributed by atoms with van der Waals surface area (Å²) in [7, 11) is 0. The van der Waals surface area contributed by atoms with Crippen molar-refractivity contribution in [3.8, 4) is 0 Å². The molecule has 0 spiro atoms. The quantitative estimate of drug-likeness (QED) is 0.799. The molecule has 0 aliphatic rings. The number of aromatic carboxylic acids is 1. The van der Waals surface area contributed by atoms with Crippen molar-refractivity contribution >= 4 is 28.8 Å². The van der Waals surface area contributed by atoms with E-state index in [9.17, 15) is 4.79 Å². The van der Waals surface area contributed by atoms with E-state index in [2.05, 4.69) is 16.4 Å². The molecule has 0 aliphatic heterocycles.